The normalized spacial score (nSPS) is 13.1. The van der Waals surface area contributed by atoms with Gasteiger partial charge < -0.3 is 26.0 Å². The maximum absolute atomic E-state index is 11.6. The van der Waals surface area contributed by atoms with Crippen LogP contribution in [0.5, 0.6) is 0 Å². The summed E-state index contributed by atoms with van der Waals surface area (Å²) in [4.78, 5) is 11.6. The Kier molecular flexibility index (Phi) is 7.06. The van der Waals surface area contributed by atoms with E-state index in [0.29, 0.717) is 16.3 Å². The van der Waals surface area contributed by atoms with Gasteiger partial charge >= 0.3 is 6.09 Å². The minimum atomic E-state index is -1.17. The molecule has 0 aliphatic rings. The first-order chi connectivity index (χ1) is 12.0. The summed E-state index contributed by atoms with van der Waals surface area (Å²) in [6, 6.07) is 14.0. The number of amides is 1. The lowest BCUT2D eigenvalue weighted by Gasteiger charge is -2.20. The van der Waals surface area contributed by atoms with Crippen molar-refractivity contribution >= 4 is 23.4 Å². The number of aliphatic hydroxyl groups is 2. The van der Waals surface area contributed by atoms with Gasteiger partial charge in [-0.1, -0.05) is 48.0 Å². The number of nitrogen functional groups attached to an aromatic ring is 1. The second-order valence-electron chi connectivity index (χ2n) is 5.56. The Labute approximate surface area is 151 Å². The van der Waals surface area contributed by atoms with Crippen molar-refractivity contribution in [3.05, 3.63) is 64.7 Å². The molecule has 7 heteroatoms. The second kappa shape index (κ2) is 9.27. The van der Waals surface area contributed by atoms with E-state index in [1.165, 1.54) is 6.07 Å². The Hall–Kier alpha value is -2.28. The molecule has 5 N–H and O–H groups in total. The molecular formula is C18H21ClN2O4. The number of hydrogen-bond acceptors (Lipinski definition) is 5. The zero-order chi connectivity index (χ0) is 18.2. The monoisotopic (exact) mass is 364 g/mol. The topological polar surface area (TPSA) is 105 Å². The van der Waals surface area contributed by atoms with Gasteiger partial charge in [-0.3, -0.25) is 0 Å². The Bertz CT molecular complexity index is 697. The van der Waals surface area contributed by atoms with Crippen LogP contribution < -0.4 is 11.1 Å². The molecule has 0 aliphatic heterocycles. The maximum atomic E-state index is 11.6. The summed E-state index contributed by atoms with van der Waals surface area (Å²) in [7, 11) is 0. The van der Waals surface area contributed by atoms with E-state index in [2.05, 4.69) is 5.32 Å². The van der Waals surface area contributed by atoms with Gasteiger partial charge in [0.05, 0.1) is 6.10 Å². The predicted octanol–water partition coefficient (Wildman–Crippen LogP) is 2.63. The van der Waals surface area contributed by atoms with Crippen LogP contribution in [0.2, 0.25) is 5.02 Å². The summed E-state index contributed by atoms with van der Waals surface area (Å²) in [5.41, 5.74) is 7.36. The number of nitrogens with one attached hydrogen (secondary N) is 1. The lowest BCUT2D eigenvalue weighted by Crippen LogP contribution is -2.30. The Balaban J connectivity index is 1.74. The smallest absolute Gasteiger partial charge is 0.407 e. The molecule has 134 valence electrons. The molecule has 2 aromatic rings. The number of alkyl carbamates (subject to hydrolysis) is 1. The first kappa shape index (κ1) is 19.1. The summed E-state index contributed by atoms with van der Waals surface area (Å²) in [6.45, 7) is 0.318. The van der Waals surface area contributed by atoms with Gasteiger partial charge in [-0.25, -0.2) is 4.79 Å². The van der Waals surface area contributed by atoms with Crippen LogP contribution in [0.4, 0.5) is 10.5 Å². The molecule has 25 heavy (non-hydrogen) atoms. The lowest BCUT2D eigenvalue weighted by molar-refractivity contribution is 0.0140. The number of carbonyl (C=O) groups excluding carboxylic acids is 1. The molecule has 2 unspecified atom stereocenters. The van der Waals surface area contributed by atoms with Crippen molar-refractivity contribution in [2.75, 3.05) is 12.3 Å². The average Bonchev–Trinajstić information content (AvgIpc) is 2.60. The summed E-state index contributed by atoms with van der Waals surface area (Å²) in [5, 5.41) is 23.2. The highest BCUT2D eigenvalue weighted by Gasteiger charge is 2.20. The van der Waals surface area contributed by atoms with Crippen LogP contribution in [-0.2, 0) is 11.3 Å². The van der Waals surface area contributed by atoms with Crippen LogP contribution in [0, 0.1) is 0 Å². The average molecular weight is 365 g/mol. The highest BCUT2D eigenvalue weighted by atomic mass is 35.5. The zero-order valence-electron chi connectivity index (χ0n) is 13.6. The summed E-state index contributed by atoms with van der Waals surface area (Å²) in [5.74, 6) is 0. The van der Waals surface area contributed by atoms with E-state index in [1.807, 2.05) is 30.3 Å². The van der Waals surface area contributed by atoms with Gasteiger partial charge in [-0.2, -0.15) is 0 Å². The van der Waals surface area contributed by atoms with Crippen molar-refractivity contribution in [3.8, 4) is 0 Å². The molecular weight excluding hydrogens is 344 g/mol. The SMILES string of the molecule is Nc1cc(Cl)ccc1C(O)C(O)CCNC(=O)OCc1ccccc1. The van der Waals surface area contributed by atoms with E-state index in [4.69, 9.17) is 22.1 Å². The van der Waals surface area contributed by atoms with Crippen LogP contribution >= 0.6 is 11.6 Å². The molecule has 0 spiro atoms. The molecule has 0 saturated carbocycles. The third-order valence-corrected chi connectivity index (χ3v) is 3.89. The first-order valence-corrected chi connectivity index (χ1v) is 8.21. The zero-order valence-corrected chi connectivity index (χ0v) is 14.3. The minimum absolute atomic E-state index is 0.143. The molecule has 2 atom stereocenters. The number of rotatable bonds is 7. The van der Waals surface area contributed by atoms with Crippen LogP contribution in [0.1, 0.15) is 23.7 Å². The van der Waals surface area contributed by atoms with Crippen molar-refractivity contribution < 1.29 is 19.7 Å². The van der Waals surface area contributed by atoms with Crippen LogP contribution in [-0.4, -0.2) is 29.0 Å². The van der Waals surface area contributed by atoms with Crippen molar-refractivity contribution in [1.29, 1.82) is 0 Å². The largest absolute Gasteiger partial charge is 0.445 e. The third kappa shape index (κ3) is 5.94. The fraction of sp³-hybridized carbons (Fsp3) is 0.278. The minimum Gasteiger partial charge on any atom is -0.445 e. The summed E-state index contributed by atoms with van der Waals surface area (Å²) < 4.78 is 5.06. The number of benzene rings is 2. The fourth-order valence-corrected chi connectivity index (χ4v) is 2.46. The number of anilines is 1. The molecule has 2 rings (SSSR count). The van der Waals surface area contributed by atoms with Crippen molar-refractivity contribution in [2.24, 2.45) is 0 Å². The van der Waals surface area contributed by atoms with Gasteiger partial charge in [-0.15, -0.1) is 0 Å². The molecule has 0 bridgehead atoms. The number of hydrogen-bond donors (Lipinski definition) is 4. The van der Waals surface area contributed by atoms with Gasteiger partial charge in [0.1, 0.15) is 12.7 Å². The van der Waals surface area contributed by atoms with Crippen LogP contribution in [0.15, 0.2) is 48.5 Å². The molecule has 0 heterocycles. The van der Waals surface area contributed by atoms with Crippen molar-refractivity contribution in [3.63, 3.8) is 0 Å². The van der Waals surface area contributed by atoms with Gasteiger partial charge in [0.2, 0.25) is 0 Å². The second-order valence-corrected chi connectivity index (χ2v) is 6.00. The number of aliphatic hydroxyl groups excluding tert-OH is 2. The standard InChI is InChI=1S/C18H21ClN2O4/c19-13-6-7-14(15(20)10-13)17(23)16(22)8-9-21-18(24)25-11-12-4-2-1-3-5-12/h1-7,10,16-17,22-23H,8-9,11,20H2,(H,21,24). The summed E-state index contributed by atoms with van der Waals surface area (Å²) >= 11 is 5.81. The predicted molar refractivity (Wildman–Crippen MR) is 96.1 cm³/mol. The van der Waals surface area contributed by atoms with Gasteiger partial charge in [-0.05, 0) is 24.1 Å². The molecule has 0 saturated heterocycles. The molecule has 0 aromatic heterocycles. The van der Waals surface area contributed by atoms with Crippen LogP contribution in [0.25, 0.3) is 0 Å². The molecule has 0 fully saturated rings. The van der Waals surface area contributed by atoms with Crippen molar-refractivity contribution in [2.45, 2.75) is 25.2 Å². The van der Waals surface area contributed by atoms with E-state index in [0.717, 1.165) is 5.56 Å². The van der Waals surface area contributed by atoms with E-state index in [-0.39, 0.29) is 19.6 Å². The Morgan fingerprint density at radius 3 is 2.60 bits per heavy atom. The highest BCUT2D eigenvalue weighted by Crippen LogP contribution is 2.27. The van der Waals surface area contributed by atoms with Gasteiger partial charge in [0, 0.05) is 22.8 Å². The van der Waals surface area contributed by atoms with E-state index < -0.39 is 18.3 Å². The van der Waals surface area contributed by atoms with Crippen molar-refractivity contribution in [1.82, 2.24) is 5.32 Å². The number of ether oxygens (including phenoxy) is 1. The lowest BCUT2D eigenvalue weighted by atomic mass is 10.0. The Morgan fingerprint density at radius 2 is 1.92 bits per heavy atom. The number of nitrogens with two attached hydrogens (primary N) is 1. The molecule has 2 aromatic carbocycles. The van der Waals surface area contributed by atoms with Gasteiger partial charge in [0.15, 0.2) is 0 Å². The first-order valence-electron chi connectivity index (χ1n) is 7.83. The third-order valence-electron chi connectivity index (χ3n) is 3.65. The van der Waals surface area contributed by atoms with Gasteiger partial charge in [0.25, 0.3) is 0 Å². The molecule has 0 radical (unpaired) electrons. The Morgan fingerprint density at radius 1 is 1.20 bits per heavy atom. The van der Waals surface area contributed by atoms with Crippen LogP contribution in [0.3, 0.4) is 0 Å². The fourth-order valence-electron chi connectivity index (χ4n) is 2.28. The number of halogens is 1. The quantitative estimate of drug-likeness (QED) is 0.565. The van der Waals surface area contributed by atoms with E-state index in [9.17, 15) is 15.0 Å². The molecule has 0 aliphatic carbocycles. The molecule has 6 nitrogen and oxygen atoms in total. The van der Waals surface area contributed by atoms with E-state index >= 15 is 0 Å². The summed E-state index contributed by atoms with van der Waals surface area (Å²) in [6.07, 6.45) is -2.70. The molecule has 1 amide bonds. The number of carbonyl (C=O) groups is 1. The van der Waals surface area contributed by atoms with E-state index in [1.54, 1.807) is 12.1 Å². The highest BCUT2D eigenvalue weighted by molar-refractivity contribution is 6.30. The maximum Gasteiger partial charge on any atom is 0.407 e.